The molecule has 2 aromatic carbocycles. The Bertz CT molecular complexity index is 1190. The lowest BCUT2D eigenvalue weighted by molar-refractivity contribution is -0.197. The maximum absolute atomic E-state index is 13.1. The quantitative estimate of drug-likeness (QED) is 0.315. The summed E-state index contributed by atoms with van der Waals surface area (Å²) in [6.45, 7) is 5.15. The second-order valence-electron chi connectivity index (χ2n) is 7.11. The van der Waals surface area contributed by atoms with Gasteiger partial charge in [0.2, 0.25) is 6.10 Å². The molecule has 1 N–H and O–H groups in total. The molecule has 0 saturated heterocycles. The second kappa shape index (κ2) is 9.88. The second-order valence-corrected chi connectivity index (χ2v) is 9.42. The predicted octanol–water partition coefficient (Wildman–Crippen LogP) is 5.11. The lowest BCUT2D eigenvalue weighted by atomic mass is 10.1. The van der Waals surface area contributed by atoms with Crippen molar-refractivity contribution in [2.24, 2.45) is 0 Å². The number of aryl methyl sites for hydroxylation is 3. The van der Waals surface area contributed by atoms with E-state index in [9.17, 15) is 31.2 Å². The highest BCUT2D eigenvalue weighted by Gasteiger charge is 2.46. The van der Waals surface area contributed by atoms with Gasteiger partial charge in [-0.1, -0.05) is 40.9 Å². The average molecular weight is 529 g/mol. The SMILES string of the molecule is Cc1cc(C)c(OC(=O)c2cc(Cl)c(Cl)cc2C(=O)OC(CS(=O)(=O)O)C(F)(F)F)c(C)c1. The molecule has 0 aliphatic carbocycles. The molecule has 0 aliphatic heterocycles. The van der Waals surface area contributed by atoms with Crippen molar-refractivity contribution >= 4 is 45.3 Å². The molecule has 180 valence electrons. The van der Waals surface area contributed by atoms with Crippen LogP contribution in [-0.4, -0.2) is 42.9 Å². The number of benzene rings is 2. The van der Waals surface area contributed by atoms with Gasteiger partial charge in [0.1, 0.15) is 11.5 Å². The average Bonchev–Trinajstić information content (AvgIpc) is 2.63. The largest absolute Gasteiger partial charge is 0.448 e. The fraction of sp³-hybridized carbons (Fsp3) is 0.300. The standard InChI is InChI=1S/C20H17Cl2F3O7S/c1-9-4-10(2)17(11(3)5-9)32-19(27)13-7-15(22)14(21)6-12(13)18(26)31-16(20(23,24)25)8-33(28,29)30/h4-7,16H,8H2,1-3H3,(H,28,29,30). The smallest absolute Gasteiger partial charge is 0.426 e. The Morgan fingerprint density at radius 1 is 0.970 bits per heavy atom. The zero-order valence-corrected chi connectivity index (χ0v) is 19.6. The highest BCUT2D eigenvalue weighted by molar-refractivity contribution is 7.85. The van der Waals surface area contributed by atoms with Crippen molar-refractivity contribution in [2.75, 3.05) is 5.75 Å². The van der Waals surface area contributed by atoms with Gasteiger partial charge >= 0.3 is 18.1 Å². The summed E-state index contributed by atoms with van der Waals surface area (Å²) in [4.78, 5) is 25.3. The highest BCUT2D eigenvalue weighted by Crippen LogP contribution is 2.31. The molecule has 2 aromatic rings. The van der Waals surface area contributed by atoms with Gasteiger partial charge < -0.3 is 9.47 Å². The van der Waals surface area contributed by atoms with Crippen LogP contribution in [0.1, 0.15) is 37.4 Å². The molecule has 33 heavy (non-hydrogen) atoms. The van der Waals surface area contributed by atoms with E-state index in [-0.39, 0.29) is 15.8 Å². The molecule has 0 aromatic heterocycles. The Kier molecular flexibility index (Phi) is 8.06. The Morgan fingerprint density at radius 2 is 1.42 bits per heavy atom. The van der Waals surface area contributed by atoms with Crippen LogP contribution in [0, 0.1) is 20.8 Å². The van der Waals surface area contributed by atoms with Crippen molar-refractivity contribution < 1.29 is 45.2 Å². The molecular weight excluding hydrogens is 512 g/mol. The number of rotatable bonds is 6. The van der Waals surface area contributed by atoms with Crippen molar-refractivity contribution in [3.63, 3.8) is 0 Å². The first-order chi connectivity index (χ1) is 15.0. The fourth-order valence-electron chi connectivity index (χ4n) is 2.94. The maximum Gasteiger partial charge on any atom is 0.426 e. The molecule has 0 fully saturated rings. The normalized spacial score (nSPS) is 12.9. The number of hydrogen-bond acceptors (Lipinski definition) is 6. The van der Waals surface area contributed by atoms with Crippen LogP contribution >= 0.6 is 23.2 Å². The summed E-state index contributed by atoms with van der Waals surface area (Å²) in [6, 6.07) is 5.15. The molecule has 0 heterocycles. The van der Waals surface area contributed by atoms with Gasteiger partial charge in [-0.05, 0) is 44.0 Å². The van der Waals surface area contributed by atoms with E-state index in [0.29, 0.717) is 11.1 Å². The molecule has 0 spiro atoms. The van der Waals surface area contributed by atoms with Gasteiger partial charge in [-0.15, -0.1) is 0 Å². The van der Waals surface area contributed by atoms with Crippen LogP contribution in [-0.2, 0) is 14.9 Å². The van der Waals surface area contributed by atoms with Gasteiger partial charge in [-0.25, -0.2) is 9.59 Å². The van der Waals surface area contributed by atoms with E-state index >= 15 is 0 Å². The minimum absolute atomic E-state index is 0.163. The summed E-state index contributed by atoms with van der Waals surface area (Å²) in [5.41, 5.74) is 0.731. The van der Waals surface area contributed by atoms with Crippen molar-refractivity contribution in [2.45, 2.75) is 33.1 Å². The van der Waals surface area contributed by atoms with E-state index < -0.39 is 51.2 Å². The number of carbonyl (C=O) groups is 2. The van der Waals surface area contributed by atoms with Crippen LogP contribution in [0.25, 0.3) is 0 Å². The van der Waals surface area contributed by atoms with Crippen molar-refractivity contribution in [3.8, 4) is 5.75 Å². The summed E-state index contributed by atoms with van der Waals surface area (Å²) in [6.07, 6.45) is -8.54. The number of hydrogen-bond donors (Lipinski definition) is 1. The van der Waals surface area contributed by atoms with Crippen LogP contribution in [0.3, 0.4) is 0 Å². The first-order valence-corrected chi connectivity index (χ1v) is 11.4. The number of carbonyl (C=O) groups excluding carboxylic acids is 2. The molecule has 1 atom stereocenters. The summed E-state index contributed by atoms with van der Waals surface area (Å²) < 4.78 is 79.7. The minimum atomic E-state index is -5.33. The number of esters is 2. The van der Waals surface area contributed by atoms with E-state index in [4.69, 9.17) is 32.5 Å². The molecular formula is C20H17Cl2F3O7S. The highest BCUT2D eigenvalue weighted by atomic mass is 35.5. The molecule has 2 rings (SSSR count). The Balaban J connectivity index is 2.47. The van der Waals surface area contributed by atoms with Gasteiger partial charge in [0.05, 0.1) is 21.2 Å². The third-order valence-corrected chi connectivity index (χ3v) is 5.72. The summed E-state index contributed by atoms with van der Waals surface area (Å²) in [5.74, 6) is -4.65. The first kappa shape index (κ1) is 26.9. The van der Waals surface area contributed by atoms with Gasteiger partial charge in [-0.3, -0.25) is 4.55 Å². The van der Waals surface area contributed by atoms with Crippen molar-refractivity contribution in [3.05, 3.63) is 62.1 Å². The molecule has 0 saturated carbocycles. The summed E-state index contributed by atoms with van der Waals surface area (Å²) >= 11 is 11.7. The van der Waals surface area contributed by atoms with Gasteiger partial charge in [0, 0.05) is 0 Å². The third kappa shape index (κ3) is 7.07. The monoisotopic (exact) mass is 528 g/mol. The molecule has 0 aliphatic rings. The predicted molar refractivity (Wildman–Crippen MR) is 114 cm³/mol. The molecule has 0 radical (unpaired) electrons. The summed E-state index contributed by atoms with van der Waals surface area (Å²) in [7, 11) is -5.17. The van der Waals surface area contributed by atoms with Crippen LogP contribution in [0.5, 0.6) is 5.75 Å². The Labute approximate surface area is 197 Å². The van der Waals surface area contributed by atoms with Gasteiger partial charge in [0.25, 0.3) is 10.1 Å². The number of halogens is 5. The zero-order valence-electron chi connectivity index (χ0n) is 17.3. The third-order valence-electron chi connectivity index (χ3n) is 4.28. The lowest BCUT2D eigenvalue weighted by Gasteiger charge is -2.20. The number of ether oxygens (including phenoxy) is 2. The van der Waals surface area contributed by atoms with E-state index in [1.807, 2.05) is 6.92 Å². The van der Waals surface area contributed by atoms with E-state index in [1.54, 1.807) is 26.0 Å². The fourth-order valence-corrected chi connectivity index (χ4v) is 3.91. The van der Waals surface area contributed by atoms with Crippen LogP contribution < -0.4 is 4.74 Å². The van der Waals surface area contributed by atoms with Crippen LogP contribution in [0.4, 0.5) is 13.2 Å². The minimum Gasteiger partial charge on any atom is -0.448 e. The van der Waals surface area contributed by atoms with Crippen LogP contribution in [0.15, 0.2) is 24.3 Å². The Morgan fingerprint density at radius 3 is 1.85 bits per heavy atom. The van der Waals surface area contributed by atoms with E-state index in [0.717, 1.165) is 17.7 Å². The van der Waals surface area contributed by atoms with Crippen molar-refractivity contribution in [1.82, 2.24) is 0 Å². The van der Waals surface area contributed by atoms with Gasteiger partial charge in [0.15, 0.2) is 0 Å². The summed E-state index contributed by atoms with van der Waals surface area (Å²) in [5, 5.41) is -0.496. The van der Waals surface area contributed by atoms with E-state index in [2.05, 4.69) is 4.74 Å². The van der Waals surface area contributed by atoms with Gasteiger partial charge in [-0.2, -0.15) is 21.6 Å². The zero-order chi connectivity index (χ0) is 25.3. The molecule has 0 bridgehead atoms. The molecule has 7 nitrogen and oxygen atoms in total. The number of alkyl halides is 3. The maximum atomic E-state index is 13.1. The molecule has 13 heteroatoms. The van der Waals surface area contributed by atoms with E-state index in [1.165, 1.54) is 0 Å². The van der Waals surface area contributed by atoms with Crippen LogP contribution in [0.2, 0.25) is 10.0 Å². The topological polar surface area (TPSA) is 107 Å². The first-order valence-electron chi connectivity index (χ1n) is 9.01. The molecule has 1 unspecified atom stereocenters. The van der Waals surface area contributed by atoms with Crippen molar-refractivity contribution in [1.29, 1.82) is 0 Å². The lowest BCUT2D eigenvalue weighted by Crippen LogP contribution is -2.39. The Hall–Kier alpha value is -2.34. The molecule has 0 amide bonds.